The van der Waals surface area contributed by atoms with Crippen molar-refractivity contribution in [2.24, 2.45) is 5.92 Å². The summed E-state index contributed by atoms with van der Waals surface area (Å²) in [7, 11) is 0. The lowest BCUT2D eigenvalue weighted by atomic mass is 9.92. The van der Waals surface area contributed by atoms with E-state index >= 15 is 0 Å². The summed E-state index contributed by atoms with van der Waals surface area (Å²) >= 11 is 0. The Morgan fingerprint density at radius 2 is 1.94 bits per heavy atom. The average molecular weight is 222 g/mol. The Hall–Kier alpha value is -0.0800. The molecule has 2 aliphatic carbocycles. The Labute approximate surface area is 99.8 Å². The number of hydrogen-bond donors (Lipinski definition) is 1. The van der Waals surface area contributed by atoms with Crippen molar-refractivity contribution in [2.45, 2.75) is 63.5 Å². The minimum absolute atomic E-state index is 0.514. The first-order chi connectivity index (χ1) is 7.79. The molecule has 3 aliphatic rings. The quantitative estimate of drug-likeness (QED) is 0.733. The lowest BCUT2D eigenvalue weighted by Gasteiger charge is -2.45. The van der Waals surface area contributed by atoms with Crippen molar-refractivity contribution in [3.63, 3.8) is 0 Å². The highest BCUT2D eigenvalue weighted by atomic mass is 15.2. The van der Waals surface area contributed by atoms with Crippen LogP contribution in [0.1, 0.15) is 51.9 Å². The van der Waals surface area contributed by atoms with E-state index in [1.807, 2.05) is 0 Å². The maximum Gasteiger partial charge on any atom is 0.0309 e. The van der Waals surface area contributed by atoms with Crippen LogP contribution < -0.4 is 5.32 Å². The standard InChI is InChI=1S/C14H26N2/c1-12-5-4-6-13(12)16-10-9-15-14(11-16)7-2-3-8-14/h12-13,15H,2-11H2,1H3. The molecule has 1 saturated heterocycles. The van der Waals surface area contributed by atoms with Crippen LogP contribution in [0, 0.1) is 5.92 Å². The normalized spacial score (nSPS) is 39.6. The lowest BCUT2D eigenvalue weighted by Crippen LogP contribution is -2.61. The predicted molar refractivity (Wildman–Crippen MR) is 67.6 cm³/mol. The average Bonchev–Trinajstić information content (AvgIpc) is 2.88. The van der Waals surface area contributed by atoms with Gasteiger partial charge in [-0.25, -0.2) is 0 Å². The van der Waals surface area contributed by atoms with Gasteiger partial charge in [0, 0.05) is 31.2 Å². The van der Waals surface area contributed by atoms with Crippen molar-refractivity contribution < 1.29 is 0 Å². The fraction of sp³-hybridized carbons (Fsp3) is 1.00. The molecule has 0 radical (unpaired) electrons. The maximum atomic E-state index is 3.82. The molecule has 0 bridgehead atoms. The largest absolute Gasteiger partial charge is 0.309 e. The van der Waals surface area contributed by atoms with Crippen LogP contribution in [0.5, 0.6) is 0 Å². The minimum atomic E-state index is 0.514. The molecule has 0 amide bonds. The van der Waals surface area contributed by atoms with Gasteiger partial charge in [-0.1, -0.05) is 26.2 Å². The minimum Gasteiger partial charge on any atom is -0.309 e. The third kappa shape index (κ3) is 1.91. The Morgan fingerprint density at radius 3 is 2.62 bits per heavy atom. The molecule has 2 unspecified atom stereocenters. The predicted octanol–water partition coefficient (Wildman–Crippen LogP) is 2.39. The molecule has 3 fully saturated rings. The summed E-state index contributed by atoms with van der Waals surface area (Å²) < 4.78 is 0. The van der Waals surface area contributed by atoms with Gasteiger partial charge in [0.05, 0.1) is 0 Å². The van der Waals surface area contributed by atoms with Crippen LogP contribution in [0.25, 0.3) is 0 Å². The van der Waals surface area contributed by atoms with Crippen molar-refractivity contribution >= 4 is 0 Å². The molecule has 2 atom stereocenters. The smallest absolute Gasteiger partial charge is 0.0309 e. The van der Waals surface area contributed by atoms with Gasteiger partial charge < -0.3 is 5.32 Å². The Bertz CT molecular complexity index is 245. The highest BCUT2D eigenvalue weighted by Crippen LogP contribution is 2.36. The van der Waals surface area contributed by atoms with Crippen molar-refractivity contribution in [3.8, 4) is 0 Å². The molecular weight excluding hydrogens is 196 g/mol. The summed E-state index contributed by atoms with van der Waals surface area (Å²) in [5, 5.41) is 3.82. The zero-order valence-corrected chi connectivity index (χ0v) is 10.7. The SMILES string of the molecule is CC1CCCC1N1CCNC2(CCCC2)C1. The van der Waals surface area contributed by atoms with Gasteiger partial charge in [0.2, 0.25) is 0 Å². The number of rotatable bonds is 1. The van der Waals surface area contributed by atoms with Crippen LogP contribution >= 0.6 is 0 Å². The summed E-state index contributed by atoms with van der Waals surface area (Å²) in [6.07, 6.45) is 10.1. The summed E-state index contributed by atoms with van der Waals surface area (Å²) in [4.78, 5) is 2.82. The van der Waals surface area contributed by atoms with Crippen molar-refractivity contribution in [1.82, 2.24) is 10.2 Å². The van der Waals surface area contributed by atoms with E-state index < -0.39 is 0 Å². The third-order valence-electron chi connectivity index (χ3n) is 5.25. The number of nitrogens with one attached hydrogen (secondary N) is 1. The fourth-order valence-electron chi connectivity index (χ4n) is 4.33. The van der Waals surface area contributed by atoms with Crippen molar-refractivity contribution in [2.75, 3.05) is 19.6 Å². The number of piperazine rings is 1. The molecule has 2 nitrogen and oxygen atoms in total. The highest BCUT2D eigenvalue weighted by Gasteiger charge is 2.41. The van der Waals surface area contributed by atoms with E-state index in [0.717, 1.165) is 12.0 Å². The van der Waals surface area contributed by atoms with Crippen LogP contribution in [0.2, 0.25) is 0 Å². The molecule has 2 saturated carbocycles. The van der Waals surface area contributed by atoms with E-state index in [1.54, 1.807) is 0 Å². The molecule has 3 rings (SSSR count). The highest BCUT2D eigenvalue weighted by molar-refractivity contribution is 5.00. The lowest BCUT2D eigenvalue weighted by molar-refractivity contribution is 0.0794. The molecule has 0 aromatic carbocycles. The molecule has 16 heavy (non-hydrogen) atoms. The molecule has 0 aromatic rings. The monoisotopic (exact) mass is 222 g/mol. The molecule has 0 aromatic heterocycles. The van der Waals surface area contributed by atoms with Gasteiger partial charge in [-0.15, -0.1) is 0 Å². The van der Waals surface area contributed by atoms with E-state index in [4.69, 9.17) is 0 Å². The first-order valence-electron chi connectivity index (χ1n) is 7.28. The fourth-order valence-corrected chi connectivity index (χ4v) is 4.33. The van der Waals surface area contributed by atoms with Gasteiger partial charge in [-0.05, 0) is 31.6 Å². The van der Waals surface area contributed by atoms with Gasteiger partial charge in [0.25, 0.3) is 0 Å². The first-order valence-corrected chi connectivity index (χ1v) is 7.28. The maximum absolute atomic E-state index is 3.82. The molecule has 1 heterocycles. The zero-order valence-electron chi connectivity index (χ0n) is 10.7. The van der Waals surface area contributed by atoms with Crippen LogP contribution in [-0.2, 0) is 0 Å². The molecule has 92 valence electrons. The molecule has 2 heteroatoms. The van der Waals surface area contributed by atoms with E-state index in [0.29, 0.717) is 5.54 Å². The topological polar surface area (TPSA) is 15.3 Å². The van der Waals surface area contributed by atoms with Gasteiger partial charge in [0.1, 0.15) is 0 Å². The zero-order chi connectivity index (χ0) is 11.0. The summed E-state index contributed by atoms with van der Waals surface area (Å²) in [5.74, 6) is 0.941. The van der Waals surface area contributed by atoms with Gasteiger partial charge >= 0.3 is 0 Å². The Kier molecular flexibility index (Phi) is 2.97. The molecule has 1 spiro atoms. The van der Waals surface area contributed by atoms with Crippen LogP contribution in [0.4, 0.5) is 0 Å². The van der Waals surface area contributed by atoms with Crippen LogP contribution in [-0.4, -0.2) is 36.1 Å². The molecular formula is C14H26N2. The van der Waals surface area contributed by atoms with Crippen LogP contribution in [0.3, 0.4) is 0 Å². The van der Waals surface area contributed by atoms with Gasteiger partial charge in [0.15, 0.2) is 0 Å². The van der Waals surface area contributed by atoms with E-state index in [1.165, 1.54) is 64.6 Å². The first kappa shape index (κ1) is 11.0. The Balaban J connectivity index is 1.67. The van der Waals surface area contributed by atoms with Gasteiger partial charge in [-0.2, -0.15) is 0 Å². The number of nitrogens with zero attached hydrogens (tertiary/aromatic N) is 1. The van der Waals surface area contributed by atoms with E-state index in [9.17, 15) is 0 Å². The Morgan fingerprint density at radius 1 is 1.12 bits per heavy atom. The molecule has 1 N–H and O–H groups in total. The van der Waals surface area contributed by atoms with Crippen molar-refractivity contribution in [1.29, 1.82) is 0 Å². The summed E-state index contributed by atoms with van der Waals surface area (Å²) in [6, 6.07) is 0.902. The van der Waals surface area contributed by atoms with E-state index in [-0.39, 0.29) is 0 Å². The van der Waals surface area contributed by atoms with Gasteiger partial charge in [-0.3, -0.25) is 4.90 Å². The third-order valence-corrected chi connectivity index (χ3v) is 5.25. The summed E-state index contributed by atoms with van der Waals surface area (Å²) in [6.45, 7) is 6.31. The second-order valence-electron chi connectivity index (χ2n) is 6.36. The van der Waals surface area contributed by atoms with Crippen molar-refractivity contribution in [3.05, 3.63) is 0 Å². The second-order valence-corrected chi connectivity index (χ2v) is 6.36. The second kappa shape index (κ2) is 4.30. The summed E-state index contributed by atoms with van der Waals surface area (Å²) in [5.41, 5.74) is 0.514. The molecule has 1 aliphatic heterocycles. The number of hydrogen-bond acceptors (Lipinski definition) is 2. The van der Waals surface area contributed by atoms with Crippen LogP contribution in [0.15, 0.2) is 0 Å². The van der Waals surface area contributed by atoms with E-state index in [2.05, 4.69) is 17.1 Å².